The summed E-state index contributed by atoms with van der Waals surface area (Å²) in [4.78, 5) is 0. The van der Waals surface area contributed by atoms with E-state index in [-0.39, 0.29) is 0 Å². The van der Waals surface area contributed by atoms with Gasteiger partial charge in [-0.1, -0.05) is 13.8 Å². The molecule has 0 saturated heterocycles. The highest BCUT2D eigenvalue weighted by molar-refractivity contribution is 9.10. The van der Waals surface area contributed by atoms with Crippen LogP contribution in [0.15, 0.2) is 4.47 Å². The van der Waals surface area contributed by atoms with Crippen molar-refractivity contribution < 1.29 is 0 Å². The van der Waals surface area contributed by atoms with E-state index in [1.165, 1.54) is 15.9 Å². The van der Waals surface area contributed by atoms with E-state index < -0.39 is 0 Å². The van der Waals surface area contributed by atoms with Crippen molar-refractivity contribution in [1.82, 2.24) is 15.1 Å². The summed E-state index contributed by atoms with van der Waals surface area (Å²) in [6.45, 7) is 9.44. The van der Waals surface area contributed by atoms with Gasteiger partial charge >= 0.3 is 0 Å². The first-order valence-corrected chi connectivity index (χ1v) is 8.76. The average Bonchev–Trinajstić information content (AvgIpc) is 2.66. The van der Waals surface area contributed by atoms with Gasteiger partial charge in [0.2, 0.25) is 0 Å². The van der Waals surface area contributed by atoms with E-state index in [0.717, 1.165) is 31.7 Å². The summed E-state index contributed by atoms with van der Waals surface area (Å²) >= 11 is 5.58. The van der Waals surface area contributed by atoms with E-state index in [1.807, 2.05) is 11.8 Å². The topological polar surface area (TPSA) is 29.9 Å². The molecule has 1 atom stereocenters. The van der Waals surface area contributed by atoms with Crippen molar-refractivity contribution in [3.63, 3.8) is 0 Å². The molecule has 104 valence electrons. The molecular weight excluding hydrogens is 310 g/mol. The van der Waals surface area contributed by atoms with Crippen molar-refractivity contribution in [3.05, 3.63) is 15.9 Å². The lowest BCUT2D eigenvalue weighted by molar-refractivity contribution is 0.528. The lowest BCUT2D eigenvalue weighted by Crippen LogP contribution is -2.23. The fourth-order valence-corrected chi connectivity index (χ4v) is 3.36. The van der Waals surface area contributed by atoms with Gasteiger partial charge in [-0.2, -0.15) is 16.9 Å². The van der Waals surface area contributed by atoms with Gasteiger partial charge in [-0.25, -0.2) is 0 Å². The van der Waals surface area contributed by atoms with Gasteiger partial charge in [0, 0.05) is 13.1 Å². The maximum Gasteiger partial charge on any atom is 0.0767 e. The van der Waals surface area contributed by atoms with Gasteiger partial charge in [-0.05, 0) is 53.7 Å². The first kappa shape index (κ1) is 16.1. The molecule has 1 rings (SSSR count). The molecule has 1 N–H and O–H groups in total. The van der Waals surface area contributed by atoms with Gasteiger partial charge < -0.3 is 5.32 Å². The molecule has 0 aromatic carbocycles. The number of halogens is 1. The first-order valence-electron chi connectivity index (χ1n) is 6.57. The molecular formula is C13H24BrN3S. The van der Waals surface area contributed by atoms with Crippen molar-refractivity contribution >= 4 is 27.7 Å². The highest BCUT2D eigenvalue weighted by Crippen LogP contribution is 2.22. The van der Waals surface area contributed by atoms with E-state index in [2.05, 4.69) is 58.1 Å². The van der Waals surface area contributed by atoms with Crippen LogP contribution >= 0.6 is 27.7 Å². The maximum absolute atomic E-state index is 4.61. The zero-order valence-corrected chi connectivity index (χ0v) is 14.2. The molecule has 0 aliphatic carbocycles. The van der Waals surface area contributed by atoms with Crippen molar-refractivity contribution in [1.29, 1.82) is 0 Å². The molecule has 0 spiro atoms. The maximum atomic E-state index is 4.61. The number of nitrogens with zero attached hydrogens (tertiary/aromatic N) is 2. The van der Waals surface area contributed by atoms with Crippen molar-refractivity contribution in [3.8, 4) is 0 Å². The second kappa shape index (κ2) is 8.23. The molecule has 0 bridgehead atoms. The van der Waals surface area contributed by atoms with Gasteiger partial charge in [0.1, 0.15) is 0 Å². The van der Waals surface area contributed by atoms with Gasteiger partial charge in [0.15, 0.2) is 0 Å². The highest BCUT2D eigenvalue weighted by Gasteiger charge is 2.13. The number of thioether (sulfide) groups is 1. The second-order valence-electron chi connectivity index (χ2n) is 4.57. The summed E-state index contributed by atoms with van der Waals surface area (Å²) in [6.07, 6.45) is 3.14. The summed E-state index contributed by atoms with van der Waals surface area (Å²) in [6, 6.07) is 0. The highest BCUT2D eigenvalue weighted by atomic mass is 79.9. The third-order valence-corrected chi connectivity index (χ3v) is 4.75. The molecule has 1 unspecified atom stereocenters. The Hall–Kier alpha value is -0.000000000000000111. The summed E-state index contributed by atoms with van der Waals surface area (Å²) in [5.74, 6) is 1.92. The third-order valence-electron chi connectivity index (χ3n) is 2.93. The van der Waals surface area contributed by atoms with Crippen LogP contribution in [0.4, 0.5) is 0 Å². The molecule has 0 fully saturated rings. The minimum absolute atomic E-state index is 0.711. The summed E-state index contributed by atoms with van der Waals surface area (Å²) in [5.41, 5.74) is 2.43. The molecule has 1 aromatic rings. The fraction of sp³-hybridized carbons (Fsp3) is 0.769. The van der Waals surface area contributed by atoms with Gasteiger partial charge in [0.25, 0.3) is 0 Å². The van der Waals surface area contributed by atoms with Crippen LogP contribution in [-0.4, -0.2) is 28.3 Å². The first-order chi connectivity index (χ1) is 8.63. The van der Waals surface area contributed by atoms with Crippen LogP contribution in [0.1, 0.15) is 32.2 Å². The minimum Gasteiger partial charge on any atom is -0.311 e. The summed E-state index contributed by atoms with van der Waals surface area (Å²) < 4.78 is 3.27. The molecule has 5 heteroatoms. The van der Waals surface area contributed by atoms with Crippen molar-refractivity contribution in [2.45, 2.75) is 40.3 Å². The Kier molecular flexibility index (Phi) is 7.34. The van der Waals surface area contributed by atoms with Crippen LogP contribution in [0.25, 0.3) is 0 Å². The van der Waals surface area contributed by atoms with Crippen LogP contribution in [0, 0.1) is 5.92 Å². The van der Waals surface area contributed by atoms with Crippen LogP contribution < -0.4 is 5.32 Å². The largest absolute Gasteiger partial charge is 0.311 e. The monoisotopic (exact) mass is 333 g/mol. The van der Waals surface area contributed by atoms with E-state index in [0.29, 0.717) is 5.92 Å². The van der Waals surface area contributed by atoms with E-state index >= 15 is 0 Å². The molecule has 1 heterocycles. The Morgan fingerprint density at radius 1 is 1.44 bits per heavy atom. The molecule has 0 saturated carbocycles. The average molecular weight is 334 g/mol. The standard InChI is InChI=1S/C13H24BrN3S/c1-5-11-13(14)12(17(6-2)16-11)8-15-7-10(3)9-18-4/h10,15H,5-9H2,1-4H3. The van der Waals surface area contributed by atoms with Crippen LogP contribution in [0.3, 0.4) is 0 Å². The minimum atomic E-state index is 0.711. The van der Waals surface area contributed by atoms with Crippen LogP contribution in [-0.2, 0) is 19.5 Å². The Morgan fingerprint density at radius 2 is 2.17 bits per heavy atom. The number of rotatable bonds is 8. The molecule has 0 aliphatic heterocycles. The van der Waals surface area contributed by atoms with Crippen LogP contribution in [0.2, 0.25) is 0 Å². The van der Waals surface area contributed by atoms with E-state index in [1.54, 1.807) is 0 Å². The molecule has 0 amide bonds. The van der Waals surface area contributed by atoms with Crippen molar-refractivity contribution in [2.75, 3.05) is 18.6 Å². The van der Waals surface area contributed by atoms with Gasteiger partial charge in [0.05, 0.1) is 15.9 Å². The Balaban J connectivity index is 2.58. The SMILES string of the molecule is CCc1nn(CC)c(CNCC(C)CSC)c1Br. The summed E-state index contributed by atoms with van der Waals surface area (Å²) in [5, 5.41) is 8.14. The van der Waals surface area contributed by atoms with E-state index in [4.69, 9.17) is 0 Å². The zero-order chi connectivity index (χ0) is 13.5. The van der Waals surface area contributed by atoms with Gasteiger partial charge in [-0.15, -0.1) is 0 Å². The zero-order valence-electron chi connectivity index (χ0n) is 11.8. The second-order valence-corrected chi connectivity index (χ2v) is 6.27. The quantitative estimate of drug-likeness (QED) is 0.791. The number of aromatic nitrogens is 2. The summed E-state index contributed by atoms with van der Waals surface area (Å²) in [7, 11) is 0. The lowest BCUT2D eigenvalue weighted by Gasteiger charge is -2.12. The van der Waals surface area contributed by atoms with Crippen LogP contribution in [0.5, 0.6) is 0 Å². The number of nitrogens with one attached hydrogen (secondary N) is 1. The smallest absolute Gasteiger partial charge is 0.0767 e. The number of aryl methyl sites for hydroxylation is 2. The molecule has 18 heavy (non-hydrogen) atoms. The fourth-order valence-electron chi connectivity index (χ4n) is 1.97. The number of hydrogen-bond donors (Lipinski definition) is 1. The lowest BCUT2D eigenvalue weighted by atomic mass is 10.2. The number of hydrogen-bond acceptors (Lipinski definition) is 3. The third kappa shape index (κ3) is 4.28. The predicted octanol–water partition coefficient (Wildman–Crippen LogP) is 3.32. The van der Waals surface area contributed by atoms with Gasteiger partial charge in [-0.3, -0.25) is 4.68 Å². The molecule has 1 aromatic heterocycles. The molecule has 0 aliphatic rings. The van der Waals surface area contributed by atoms with E-state index in [9.17, 15) is 0 Å². The Bertz CT molecular complexity index is 365. The van der Waals surface area contributed by atoms with Crippen molar-refractivity contribution in [2.24, 2.45) is 5.92 Å². The normalized spacial score (nSPS) is 12.9. The Labute approximate surface area is 123 Å². The predicted molar refractivity (Wildman–Crippen MR) is 84.2 cm³/mol. The molecule has 3 nitrogen and oxygen atoms in total. The Morgan fingerprint density at radius 3 is 2.72 bits per heavy atom. The molecule has 0 radical (unpaired) electrons.